The van der Waals surface area contributed by atoms with Crippen molar-refractivity contribution in [2.45, 2.75) is 38.1 Å². The highest BCUT2D eigenvalue weighted by Crippen LogP contribution is 2.45. The number of nitrogens with one attached hydrogen (secondary N) is 1. The Morgan fingerprint density at radius 1 is 1.47 bits per heavy atom. The van der Waals surface area contributed by atoms with Crippen LogP contribution in [0, 0.1) is 5.92 Å². The van der Waals surface area contributed by atoms with E-state index in [1.54, 1.807) is 6.07 Å². The molecule has 0 saturated carbocycles. The highest BCUT2D eigenvalue weighted by molar-refractivity contribution is 5.88. The van der Waals surface area contributed by atoms with Crippen molar-refractivity contribution in [1.29, 1.82) is 0 Å². The molecule has 2 aliphatic rings. The second kappa shape index (κ2) is 4.72. The van der Waals surface area contributed by atoms with E-state index in [0.29, 0.717) is 23.4 Å². The van der Waals surface area contributed by atoms with Crippen LogP contribution in [0.4, 0.5) is 5.69 Å². The molecule has 3 nitrogen and oxygen atoms in total. The number of carbonyl (C=O) groups is 1. The zero-order chi connectivity index (χ0) is 13.4. The van der Waals surface area contributed by atoms with E-state index in [2.05, 4.69) is 24.4 Å². The summed E-state index contributed by atoms with van der Waals surface area (Å²) in [6.45, 7) is 2.21. The summed E-state index contributed by atoms with van der Waals surface area (Å²) in [6, 6.07) is 5.95. The van der Waals surface area contributed by atoms with Crippen LogP contribution in [0.5, 0.6) is 0 Å². The van der Waals surface area contributed by atoms with Gasteiger partial charge in [-0.3, -0.25) is 0 Å². The Kier molecular flexibility index (Phi) is 3.05. The molecule has 0 unspecified atom stereocenters. The fourth-order valence-electron chi connectivity index (χ4n) is 3.43. The molecule has 0 spiro atoms. The van der Waals surface area contributed by atoms with Gasteiger partial charge in [-0.15, -0.1) is 0 Å². The van der Waals surface area contributed by atoms with Crippen LogP contribution in [0.25, 0.3) is 0 Å². The molecule has 2 N–H and O–H groups in total. The normalized spacial score (nSPS) is 27.5. The largest absolute Gasteiger partial charge is 0.478 e. The highest BCUT2D eigenvalue weighted by atomic mass is 16.4. The van der Waals surface area contributed by atoms with Crippen molar-refractivity contribution in [3.63, 3.8) is 0 Å². The Morgan fingerprint density at radius 2 is 2.32 bits per heavy atom. The van der Waals surface area contributed by atoms with Crippen molar-refractivity contribution in [3.05, 3.63) is 41.5 Å². The standard InChI is InChI=1S/C16H19NO2/c1-2-4-14-12-6-3-5-11(12)13-9-10(16(18)19)7-8-15(13)17-14/h3,5,7-9,11-12,14,17H,2,4,6H2,1H3,(H,18,19)/t11-,12-,14+/m0/s1. The van der Waals surface area contributed by atoms with Crippen LogP contribution >= 0.6 is 0 Å². The molecular formula is C16H19NO2. The molecule has 0 fully saturated rings. The Hall–Kier alpha value is -1.77. The van der Waals surface area contributed by atoms with Crippen molar-refractivity contribution in [3.8, 4) is 0 Å². The molecule has 3 heteroatoms. The van der Waals surface area contributed by atoms with Crippen LogP contribution in [-0.2, 0) is 0 Å². The minimum absolute atomic E-state index is 0.382. The van der Waals surface area contributed by atoms with Gasteiger partial charge in [0.2, 0.25) is 0 Å². The minimum Gasteiger partial charge on any atom is -0.478 e. The van der Waals surface area contributed by atoms with Crippen LogP contribution < -0.4 is 5.32 Å². The Labute approximate surface area is 113 Å². The maximum atomic E-state index is 11.1. The SMILES string of the molecule is CCC[C@H]1Nc2ccc(C(=O)O)cc2[C@H]2C=CC[C@@H]21. The average Bonchev–Trinajstić information content (AvgIpc) is 2.88. The molecule has 0 bridgehead atoms. The first kappa shape index (κ1) is 12.3. The predicted molar refractivity (Wildman–Crippen MR) is 75.7 cm³/mol. The minimum atomic E-state index is -0.850. The van der Waals surface area contributed by atoms with Gasteiger partial charge in [-0.25, -0.2) is 4.79 Å². The zero-order valence-electron chi connectivity index (χ0n) is 11.1. The van der Waals surface area contributed by atoms with E-state index < -0.39 is 5.97 Å². The molecule has 1 aromatic carbocycles. The van der Waals surface area contributed by atoms with Crippen LogP contribution in [0.2, 0.25) is 0 Å². The predicted octanol–water partition coefficient (Wildman–Crippen LogP) is 3.64. The van der Waals surface area contributed by atoms with E-state index in [4.69, 9.17) is 5.11 Å². The van der Waals surface area contributed by atoms with Gasteiger partial charge in [0.05, 0.1) is 5.56 Å². The van der Waals surface area contributed by atoms with Gasteiger partial charge in [-0.2, -0.15) is 0 Å². The van der Waals surface area contributed by atoms with Gasteiger partial charge in [0, 0.05) is 17.6 Å². The third kappa shape index (κ3) is 2.03. The monoisotopic (exact) mass is 257 g/mol. The van der Waals surface area contributed by atoms with Crippen LogP contribution in [0.3, 0.4) is 0 Å². The number of anilines is 1. The van der Waals surface area contributed by atoms with Gasteiger partial charge in [-0.05, 0) is 42.5 Å². The quantitative estimate of drug-likeness (QED) is 0.813. The third-order valence-electron chi connectivity index (χ3n) is 4.33. The lowest BCUT2D eigenvalue weighted by atomic mass is 9.77. The lowest BCUT2D eigenvalue weighted by molar-refractivity contribution is 0.0696. The van der Waals surface area contributed by atoms with Crippen molar-refractivity contribution >= 4 is 11.7 Å². The summed E-state index contributed by atoms with van der Waals surface area (Å²) in [5, 5.41) is 12.7. The number of rotatable bonds is 3. The molecule has 0 radical (unpaired) electrons. The maximum Gasteiger partial charge on any atom is 0.335 e. The van der Waals surface area contributed by atoms with Crippen LogP contribution in [0.1, 0.15) is 48.0 Å². The van der Waals surface area contributed by atoms with E-state index in [0.717, 1.165) is 17.7 Å². The van der Waals surface area contributed by atoms with Crippen molar-refractivity contribution in [2.24, 2.45) is 5.92 Å². The number of hydrogen-bond donors (Lipinski definition) is 2. The molecule has 1 aliphatic carbocycles. The summed E-state index contributed by atoms with van der Waals surface area (Å²) < 4.78 is 0. The molecule has 1 aliphatic heterocycles. The first-order valence-corrected chi connectivity index (χ1v) is 7.01. The summed E-state index contributed by atoms with van der Waals surface area (Å²) in [5.41, 5.74) is 2.63. The van der Waals surface area contributed by atoms with Crippen LogP contribution in [-0.4, -0.2) is 17.1 Å². The van der Waals surface area contributed by atoms with E-state index in [1.165, 1.54) is 12.8 Å². The lowest BCUT2D eigenvalue weighted by Gasteiger charge is -2.37. The summed E-state index contributed by atoms with van der Waals surface area (Å²) in [5.74, 6) is 0.112. The zero-order valence-corrected chi connectivity index (χ0v) is 11.1. The van der Waals surface area contributed by atoms with E-state index in [9.17, 15) is 4.79 Å². The summed E-state index contributed by atoms with van der Waals surface area (Å²) in [7, 11) is 0. The first-order chi connectivity index (χ1) is 9.20. The number of benzene rings is 1. The maximum absolute atomic E-state index is 11.1. The van der Waals surface area contributed by atoms with Gasteiger partial charge in [0.15, 0.2) is 0 Å². The molecule has 3 atom stereocenters. The smallest absolute Gasteiger partial charge is 0.335 e. The molecular weight excluding hydrogens is 238 g/mol. The Morgan fingerprint density at radius 3 is 3.05 bits per heavy atom. The molecule has 1 heterocycles. The van der Waals surface area contributed by atoms with Gasteiger partial charge in [-0.1, -0.05) is 25.5 Å². The Bertz CT molecular complexity index is 536. The highest BCUT2D eigenvalue weighted by Gasteiger charge is 2.36. The topological polar surface area (TPSA) is 49.3 Å². The first-order valence-electron chi connectivity index (χ1n) is 7.01. The van der Waals surface area contributed by atoms with Gasteiger partial charge in [0.1, 0.15) is 0 Å². The van der Waals surface area contributed by atoms with Gasteiger partial charge in [0.25, 0.3) is 0 Å². The number of aromatic carboxylic acids is 1. The van der Waals surface area contributed by atoms with Gasteiger partial charge >= 0.3 is 5.97 Å². The van der Waals surface area contributed by atoms with Crippen molar-refractivity contribution in [1.82, 2.24) is 0 Å². The summed E-state index contributed by atoms with van der Waals surface area (Å²) >= 11 is 0. The summed E-state index contributed by atoms with van der Waals surface area (Å²) in [4.78, 5) is 11.1. The molecule has 0 amide bonds. The fraction of sp³-hybridized carbons (Fsp3) is 0.438. The van der Waals surface area contributed by atoms with E-state index >= 15 is 0 Å². The molecule has 0 saturated heterocycles. The van der Waals surface area contributed by atoms with Crippen molar-refractivity contribution < 1.29 is 9.90 Å². The number of allylic oxidation sites excluding steroid dienone is 2. The van der Waals surface area contributed by atoms with E-state index in [-0.39, 0.29) is 0 Å². The molecule has 100 valence electrons. The number of carboxylic acid groups (broad SMARTS) is 1. The lowest BCUT2D eigenvalue weighted by Crippen LogP contribution is -2.35. The number of carboxylic acids is 1. The second-order valence-electron chi connectivity index (χ2n) is 5.50. The van der Waals surface area contributed by atoms with Crippen molar-refractivity contribution in [2.75, 3.05) is 5.32 Å². The molecule has 0 aromatic heterocycles. The number of fused-ring (bicyclic) bond motifs is 3. The van der Waals surface area contributed by atoms with E-state index in [1.807, 2.05) is 12.1 Å². The van der Waals surface area contributed by atoms with Gasteiger partial charge < -0.3 is 10.4 Å². The number of hydrogen-bond acceptors (Lipinski definition) is 2. The summed E-state index contributed by atoms with van der Waals surface area (Å²) in [6.07, 6.45) is 7.92. The Balaban J connectivity index is 2.00. The average molecular weight is 257 g/mol. The fourth-order valence-corrected chi connectivity index (χ4v) is 3.43. The molecule has 3 rings (SSSR count). The third-order valence-corrected chi connectivity index (χ3v) is 4.33. The molecule has 1 aromatic rings. The molecule has 19 heavy (non-hydrogen) atoms. The van der Waals surface area contributed by atoms with Crippen LogP contribution in [0.15, 0.2) is 30.4 Å². The second-order valence-corrected chi connectivity index (χ2v) is 5.50.